The molecule has 1 saturated carbocycles. The molecule has 1 fully saturated rings. The van der Waals surface area contributed by atoms with E-state index in [4.69, 9.17) is 0 Å². The molecule has 3 nitrogen and oxygen atoms in total. The summed E-state index contributed by atoms with van der Waals surface area (Å²) >= 11 is 0. The zero-order valence-corrected chi connectivity index (χ0v) is 9.85. The lowest BCUT2D eigenvalue weighted by Gasteiger charge is -2.33. The normalized spacial score (nSPS) is 20.8. The van der Waals surface area contributed by atoms with Crippen LogP contribution in [0.4, 0.5) is 5.69 Å². The van der Waals surface area contributed by atoms with Crippen molar-refractivity contribution in [3.63, 3.8) is 0 Å². The third-order valence-corrected chi connectivity index (χ3v) is 4.01. The van der Waals surface area contributed by atoms with Crippen molar-refractivity contribution in [1.29, 1.82) is 0 Å². The maximum absolute atomic E-state index is 11.2. The lowest BCUT2D eigenvalue weighted by molar-refractivity contribution is -0.142. The van der Waals surface area contributed by atoms with Gasteiger partial charge in [0, 0.05) is 18.8 Å². The van der Waals surface area contributed by atoms with Crippen molar-refractivity contribution in [3.8, 4) is 0 Å². The molecule has 1 aromatic rings. The summed E-state index contributed by atoms with van der Waals surface area (Å²) in [5, 5.41) is 9.26. The second kappa shape index (κ2) is 3.76. The van der Waals surface area contributed by atoms with Crippen LogP contribution < -0.4 is 4.90 Å². The summed E-state index contributed by atoms with van der Waals surface area (Å²) in [5.41, 5.74) is 2.15. The van der Waals surface area contributed by atoms with E-state index in [1.54, 1.807) is 0 Å². The highest BCUT2D eigenvalue weighted by molar-refractivity contribution is 5.79. The predicted molar refractivity (Wildman–Crippen MR) is 66.3 cm³/mol. The molecule has 1 aliphatic heterocycles. The second-order valence-corrected chi connectivity index (χ2v) is 5.24. The van der Waals surface area contributed by atoms with Gasteiger partial charge in [-0.3, -0.25) is 4.79 Å². The lowest BCUT2D eigenvalue weighted by atomic mass is 9.99. The van der Waals surface area contributed by atoms with E-state index in [0.29, 0.717) is 6.54 Å². The minimum absolute atomic E-state index is 0.454. The third kappa shape index (κ3) is 1.79. The molecule has 2 aliphatic rings. The molecule has 0 atom stereocenters. The summed E-state index contributed by atoms with van der Waals surface area (Å²) in [6.45, 7) is 1.67. The molecule has 1 aliphatic carbocycles. The van der Waals surface area contributed by atoms with E-state index in [-0.39, 0.29) is 0 Å². The molecule has 90 valence electrons. The lowest BCUT2D eigenvalue weighted by Crippen LogP contribution is -2.37. The Morgan fingerprint density at radius 3 is 2.82 bits per heavy atom. The van der Waals surface area contributed by atoms with Crippen LogP contribution in [0.2, 0.25) is 0 Å². The number of benzene rings is 1. The van der Waals surface area contributed by atoms with Crippen LogP contribution in [0, 0.1) is 5.41 Å². The van der Waals surface area contributed by atoms with Crippen molar-refractivity contribution < 1.29 is 9.90 Å². The molecule has 3 rings (SSSR count). The van der Waals surface area contributed by atoms with Crippen molar-refractivity contribution in [2.75, 3.05) is 18.0 Å². The van der Waals surface area contributed by atoms with Gasteiger partial charge in [-0.1, -0.05) is 18.2 Å². The topological polar surface area (TPSA) is 40.5 Å². The molecule has 0 amide bonds. The van der Waals surface area contributed by atoms with Crippen LogP contribution in [-0.2, 0) is 11.2 Å². The summed E-state index contributed by atoms with van der Waals surface area (Å²) in [4.78, 5) is 13.5. The van der Waals surface area contributed by atoms with Gasteiger partial charge in [0.15, 0.2) is 0 Å². The number of anilines is 1. The summed E-state index contributed by atoms with van der Waals surface area (Å²) in [6, 6.07) is 8.37. The summed E-state index contributed by atoms with van der Waals surface area (Å²) in [5.74, 6) is -0.624. The maximum atomic E-state index is 11.2. The van der Waals surface area contributed by atoms with E-state index in [1.165, 1.54) is 11.3 Å². The molecule has 0 aromatic heterocycles. The van der Waals surface area contributed by atoms with Gasteiger partial charge in [0.25, 0.3) is 0 Å². The number of aryl methyl sites for hydroxylation is 1. The molecule has 0 unspecified atom stereocenters. The fourth-order valence-electron chi connectivity index (χ4n) is 2.73. The first-order valence-electron chi connectivity index (χ1n) is 6.28. The number of carboxylic acids is 1. The van der Waals surface area contributed by atoms with Crippen molar-refractivity contribution in [2.24, 2.45) is 5.41 Å². The van der Waals surface area contributed by atoms with E-state index >= 15 is 0 Å². The number of fused-ring (bicyclic) bond motifs is 1. The monoisotopic (exact) mass is 231 g/mol. The Bertz CT molecular complexity index is 451. The molecule has 1 N–H and O–H groups in total. The van der Waals surface area contributed by atoms with Crippen LogP contribution in [0.1, 0.15) is 24.8 Å². The van der Waals surface area contributed by atoms with Gasteiger partial charge in [-0.05, 0) is 37.3 Å². The Morgan fingerprint density at radius 1 is 1.35 bits per heavy atom. The van der Waals surface area contributed by atoms with Gasteiger partial charge in [-0.25, -0.2) is 0 Å². The largest absolute Gasteiger partial charge is 0.481 e. The average molecular weight is 231 g/mol. The van der Waals surface area contributed by atoms with E-state index in [1.807, 2.05) is 6.07 Å². The molecule has 0 radical (unpaired) electrons. The van der Waals surface area contributed by atoms with Crippen LogP contribution in [0.3, 0.4) is 0 Å². The molecule has 0 spiro atoms. The van der Waals surface area contributed by atoms with E-state index < -0.39 is 11.4 Å². The summed E-state index contributed by atoms with van der Waals surface area (Å²) < 4.78 is 0. The number of hydrogen-bond acceptors (Lipinski definition) is 2. The standard InChI is InChI=1S/C14H17NO2/c16-13(17)14(7-8-14)10-15-9-3-5-11-4-1-2-6-12(11)15/h1-2,4,6H,3,5,7-10H2,(H,16,17). The first-order chi connectivity index (χ1) is 8.21. The number of hydrogen-bond donors (Lipinski definition) is 1. The highest BCUT2D eigenvalue weighted by Crippen LogP contribution is 2.47. The fourth-order valence-corrected chi connectivity index (χ4v) is 2.73. The van der Waals surface area contributed by atoms with Gasteiger partial charge in [-0.2, -0.15) is 0 Å². The SMILES string of the molecule is O=C(O)C1(CN2CCCc3ccccc32)CC1. The Kier molecular flexibility index (Phi) is 2.35. The molecule has 17 heavy (non-hydrogen) atoms. The predicted octanol–water partition coefficient (Wildman–Crippen LogP) is 2.30. The van der Waals surface area contributed by atoms with Gasteiger partial charge in [0.1, 0.15) is 0 Å². The number of rotatable bonds is 3. The second-order valence-electron chi connectivity index (χ2n) is 5.24. The van der Waals surface area contributed by atoms with Gasteiger partial charge >= 0.3 is 5.97 Å². The molecule has 3 heteroatoms. The number of carboxylic acid groups (broad SMARTS) is 1. The van der Waals surface area contributed by atoms with E-state index in [2.05, 4.69) is 23.1 Å². The first kappa shape index (κ1) is 10.6. The number of aliphatic carboxylic acids is 1. The molecule has 0 saturated heterocycles. The molecular formula is C14H17NO2. The van der Waals surface area contributed by atoms with Crippen molar-refractivity contribution >= 4 is 11.7 Å². The maximum Gasteiger partial charge on any atom is 0.311 e. The van der Waals surface area contributed by atoms with Gasteiger partial charge < -0.3 is 10.0 Å². The number of para-hydroxylation sites is 1. The minimum atomic E-state index is -0.624. The highest BCUT2D eigenvalue weighted by Gasteiger charge is 2.51. The Hall–Kier alpha value is -1.51. The molecule has 1 heterocycles. The van der Waals surface area contributed by atoms with Crippen molar-refractivity contribution in [1.82, 2.24) is 0 Å². The summed E-state index contributed by atoms with van der Waals surface area (Å²) in [7, 11) is 0. The highest BCUT2D eigenvalue weighted by atomic mass is 16.4. The van der Waals surface area contributed by atoms with Crippen molar-refractivity contribution in [3.05, 3.63) is 29.8 Å². The zero-order chi connectivity index (χ0) is 11.9. The zero-order valence-electron chi connectivity index (χ0n) is 9.85. The van der Waals surface area contributed by atoms with Crippen LogP contribution in [0.25, 0.3) is 0 Å². The van der Waals surface area contributed by atoms with Crippen LogP contribution in [0.5, 0.6) is 0 Å². The molecule has 1 aromatic carbocycles. The first-order valence-corrected chi connectivity index (χ1v) is 6.28. The smallest absolute Gasteiger partial charge is 0.311 e. The Balaban J connectivity index is 1.84. The van der Waals surface area contributed by atoms with E-state index in [9.17, 15) is 9.90 Å². The third-order valence-electron chi connectivity index (χ3n) is 4.01. The number of carbonyl (C=O) groups is 1. The van der Waals surface area contributed by atoms with Gasteiger partial charge in [-0.15, -0.1) is 0 Å². The average Bonchev–Trinajstić information content (AvgIpc) is 3.11. The Labute approximate surface area is 101 Å². The Morgan fingerprint density at radius 2 is 2.12 bits per heavy atom. The molecule has 0 bridgehead atoms. The van der Waals surface area contributed by atoms with Crippen LogP contribution in [-0.4, -0.2) is 24.2 Å². The minimum Gasteiger partial charge on any atom is -0.481 e. The quantitative estimate of drug-likeness (QED) is 0.867. The van der Waals surface area contributed by atoms with Crippen LogP contribution in [0.15, 0.2) is 24.3 Å². The van der Waals surface area contributed by atoms with Gasteiger partial charge in [0.05, 0.1) is 5.41 Å². The van der Waals surface area contributed by atoms with E-state index in [0.717, 1.165) is 32.2 Å². The van der Waals surface area contributed by atoms with Crippen molar-refractivity contribution in [2.45, 2.75) is 25.7 Å². The van der Waals surface area contributed by atoms with Crippen LogP contribution >= 0.6 is 0 Å². The fraction of sp³-hybridized carbons (Fsp3) is 0.500. The molecular weight excluding hydrogens is 214 g/mol. The number of nitrogens with zero attached hydrogens (tertiary/aromatic N) is 1. The van der Waals surface area contributed by atoms with Gasteiger partial charge in [0.2, 0.25) is 0 Å². The summed E-state index contributed by atoms with van der Waals surface area (Å²) in [6.07, 6.45) is 3.92.